The van der Waals surface area contributed by atoms with Crippen LogP contribution in [-0.2, 0) is 9.53 Å². The molecule has 1 aromatic carbocycles. The average Bonchev–Trinajstić information content (AvgIpc) is 2.42. The summed E-state index contributed by atoms with van der Waals surface area (Å²) in [7, 11) is 0. The fourth-order valence-corrected chi connectivity index (χ4v) is 2.69. The molecule has 1 saturated carbocycles. The Labute approximate surface area is 111 Å². The summed E-state index contributed by atoms with van der Waals surface area (Å²) in [6, 6.07) is 4.07. The average molecular weight is 268 g/mol. The summed E-state index contributed by atoms with van der Waals surface area (Å²) in [6.45, 7) is 2.20. The van der Waals surface area contributed by atoms with Crippen molar-refractivity contribution in [2.45, 2.75) is 38.5 Å². The van der Waals surface area contributed by atoms with Crippen LogP contribution in [0.2, 0.25) is 0 Å². The Kier molecular flexibility index (Phi) is 4.51. The van der Waals surface area contributed by atoms with Gasteiger partial charge in [0.05, 0.1) is 12.5 Å². The number of halogens is 2. The quantitative estimate of drug-likeness (QED) is 0.779. The van der Waals surface area contributed by atoms with Gasteiger partial charge in [0, 0.05) is 0 Å². The highest BCUT2D eigenvalue weighted by atomic mass is 19.2. The molecule has 1 aliphatic carbocycles. The van der Waals surface area contributed by atoms with Crippen molar-refractivity contribution in [2.75, 3.05) is 6.61 Å². The number of hydrogen-bond acceptors (Lipinski definition) is 2. The molecule has 0 aromatic heterocycles. The van der Waals surface area contributed by atoms with Gasteiger partial charge in [0.2, 0.25) is 0 Å². The fraction of sp³-hybridized carbons (Fsp3) is 0.533. The van der Waals surface area contributed by atoms with Gasteiger partial charge in [-0.1, -0.05) is 6.07 Å². The molecule has 0 aliphatic heterocycles. The van der Waals surface area contributed by atoms with Gasteiger partial charge in [0.15, 0.2) is 11.6 Å². The van der Waals surface area contributed by atoms with Crippen LogP contribution in [0, 0.1) is 17.6 Å². The number of benzene rings is 1. The number of carbonyl (C=O) groups is 1. The van der Waals surface area contributed by atoms with E-state index in [9.17, 15) is 13.6 Å². The van der Waals surface area contributed by atoms with Crippen molar-refractivity contribution in [3.63, 3.8) is 0 Å². The van der Waals surface area contributed by atoms with Crippen LogP contribution in [0.25, 0.3) is 0 Å². The molecule has 0 unspecified atom stereocenters. The monoisotopic (exact) mass is 268 g/mol. The molecule has 0 bridgehead atoms. The number of esters is 1. The zero-order chi connectivity index (χ0) is 13.8. The Morgan fingerprint density at radius 1 is 1.21 bits per heavy atom. The van der Waals surface area contributed by atoms with Crippen molar-refractivity contribution in [2.24, 2.45) is 5.92 Å². The highest BCUT2D eigenvalue weighted by Crippen LogP contribution is 2.36. The van der Waals surface area contributed by atoms with Crippen LogP contribution in [0.3, 0.4) is 0 Å². The van der Waals surface area contributed by atoms with Gasteiger partial charge in [-0.05, 0) is 56.2 Å². The molecule has 0 spiro atoms. The van der Waals surface area contributed by atoms with Gasteiger partial charge in [0.25, 0.3) is 0 Å². The van der Waals surface area contributed by atoms with Crippen LogP contribution in [0.1, 0.15) is 44.1 Å². The summed E-state index contributed by atoms with van der Waals surface area (Å²) >= 11 is 0. The van der Waals surface area contributed by atoms with E-state index in [2.05, 4.69) is 0 Å². The molecule has 104 valence electrons. The van der Waals surface area contributed by atoms with E-state index >= 15 is 0 Å². The Morgan fingerprint density at radius 3 is 2.47 bits per heavy atom. The third-order valence-electron chi connectivity index (χ3n) is 3.76. The summed E-state index contributed by atoms with van der Waals surface area (Å²) in [5.74, 6) is -1.58. The van der Waals surface area contributed by atoms with E-state index in [-0.39, 0.29) is 17.8 Å². The first-order chi connectivity index (χ1) is 9.11. The Hall–Kier alpha value is -1.45. The van der Waals surface area contributed by atoms with Gasteiger partial charge in [-0.2, -0.15) is 0 Å². The number of hydrogen-bond donors (Lipinski definition) is 0. The second kappa shape index (κ2) is 6.13. The van der Waals surface area contributed by atoms with Gasteiger partial charge in [-0.25, -0.2) is 8.78 Å². The van der Waals surface area contributed by atoms with Crippen LogP contribution in [0.15, 0.2) is 18.2 Å². The SMILES string of the molecule is CCOC(=O)C1CCC(c2ccc(F)c(F)c2)CC1. The maximum Gasteiger partial charge on any atom is 0.308 e. The Morgan fingerprint density at radius 2 is 1.89 bits per heavy atom. The van der Waals surface area contributed by atoms with Crippen LogP contribution < -0.4 is 0 Å². The predicted octanol–water partition coefficient (Wildman–Crippen LogP) is 3.80. The highest BCUT2D eigenvalue weighted by Gasteiger charge is 2.28. The standard InChI is InChI=1S/C15H18F2O2/c1-2-19-15(18)11-5-3-10(4-6-11)12-7-8-13(16)14(17)9-12/h7-11H,2-6H2,1H3. The summed E-state index contributed by atoms with van der Waals surface area (Å²) in [5.41, 5.74) is 0.821. The number of rotatable bonds is 3. The molecule has 0 atom stereocenters. The highest BCUT2D eigenvalue weighted by molar-refractivity contribution is 5.72. The summed E-state index contributed by atoms with van der Waals surface area (Å²) in [5, 5.41) is 0. The largest absolute Gasteiger partial charge is 0.466 e. The molecule has 1 aromatic rings. The lowest BCUT2D eigenvalue weighted by molar-refractivity contribution is -0.149. The summed E-state index contributed by atoms with van der Waals surface area (Å²) < 4.78 is 31.1. The van der Waals surface area contributed by atoms with Gasteiger partial charge in [-0.3, -0.25) is 4.79 Å². The van der Waals surface area contributed by atoms with Crippen LogP contribution in [0.5, 0.6) is 0 Å². The van der Waals surface area contributed by atoms with E-state index in [1.807, 2.05) is 0 Å². The maximum absolute atomic E-state index is 13.2. The second-order valence-corrected chi connectivity index (χ2v) is 4.97. The second-order valence-electron chi connectivity index (χ2n) is 4.97. The van der Waals surface area contributed by atoms with Gasteiger partial charge < -0.3 is 4.74 Å². The molecule has 0 saturated heterocycles. The van der Waals surface area contributed by atoms with Crippen molar-refractivity contribution in [1.82, 2.24) is 0 Å². The van der Waals surface area contributed by atoms with Crippen molar-refractivity contribution in [3.05, 3.63) is 35.4 Å². The summed E-state index contributed by atoms with van der Waals surface area (Å²) in [6.07, 6.45) is 3.13. The lowest BCUT2D eigenvalue weighted by atomic mass is 9.79. The normalized spacial score (nSPS) is 23.1. The number of ether oxygens (including phenoxy) is 1. The minimum Gasteiger partial charge on any atom is -0.466 e. The predicted molar refractivity (Wildman–Crippen MR) is 67.7 cm³/mol. The third kappa shape index (κ3) is 3.31. The van der Waals surface area contributed by atoms with Gasteiger partial charge in [-0.15, -0.1) is 0 Å². The number of carbonyl (C=O) groups excluding carboxylic acids is 1. The molecule has 2 rings (SSSR count). The van der Waals surface area contributed by atoms with Gasteiger partial charge >= 0.3 is 5.97 Å². The molecular formula is C15H18F2O2. The zero-order valence-corrected chi connectivity index (χ0v) is 11.0. The van der Waals surface area contributed by atoms with Crippen LogP contribution in [-0.4, -0.2) is 12.6 Å². The molecular weight excluding hydrogens is 250 g/mol. The molecule has 1 fully saturated rings. The molecule has 19 heavy (non-hydrogen) atoms. The smallest absolute Gasteiger partial charge is 0.308 e. The first-order valence-electron chi connectivity index (χ1n) is 6.73. The van der Waals surface area contributed by atoms with E-state index < -0.39 is 11.6 Å². The first-order valence-corrected chi connectivity index (χ1v) is 6.73. The third-order valence-corrected chi connectivity index (χ3v) is 3.76. The van der Waals surface area contributed by atoms with Crippen molar-refractivity contribution in [3.8, 4) is 0 Å². The lowest BCUT2D eigenvalue weighted by Gasteiger charge is -2.27. The van der Waals surface area contributed by atoms with E-state index in [1.165, 1.54) is 12.1 Å². The van der Waals surface area contributed by atoms with Crippen molar-refractivity contribution >= 4 is 5.97 Å². The lowest BCUT2D eigenvalue weighted by Crippen LogP contribution is -2.23. The van der Waals surface area contributed by atoms with E-state index in [0.717, 1.165) is 31.2 Å². The maximum atomic E-state index is 13.2. The molecule has 0 heterocycles. The van der Waals surface area contributed by atoms with Crippen molar-refractivity contribution < 1.29 is 18.3 Å². The Balaban J connectivity index is 1.96. The van der Waals surface area contributed by atoms with Gasteiger partial charge in [0.1, 0.15) is 0 Å². The fourth-order valence-electron chi connectivity index (χ4n) is 2.69. The first kappa shape index (κ1) is 14.0. The van der Waals surface area contributed by atoms with E-state index in [0.29, 0.717) is 6.61 Å². The molecule has 4 heteroatoms. The van der Waals surface area contributed by atoms with Crippen molar-refractivity contribution in [1.29, 1.82) is 0 Å². The van der Waals surface area contributed by atoms with E-state index in [4.69, 9.17) is 4.74 Å². The molecule has 0 N–H and O–H groups in total. The zero-order valence-electron chi connectivity index (χ0n) is 11.0. The Bertz CT molecular complexity index is 451. The molecule has 0 radical (unpaired) electrons. The molecule has 0 amide bonds. The van der Waals surface area contributed by atoms with E-state index in [1.54, 1.807) is 13.0 Å². The topological polar surface area (TPSA) is 26.3 Å². The van der Waals surface area contributed by atoms with Crippen LogP contribution >= 0.6 is 0 Å². The summed E-state index contributed by atoms with van der Waals surface area (Å²) in [4.78, 5) is 11.6. The minimum absolute atomic E-state index is 0.0403. The molecule has 1 aliphatic rings. The minimum atomic E-state index is -0.816. The van der Waals surface area contributed by atoms with Crippen LogP contribution in [0.4, 0.5) is 8.78 Å². The molecule has 2 nitrogen and oxygen atoms in total.